The molecule has 0 bridgehead atoms. The number of likely N-dealkylation sites (N-methyl/N-ethyl adjacent to an activating group) is 1. The highest BCUT2D eigenvalue weighted by molar-refractivity contribution is 5.65. The Morgan fingerprint density at radius 3 is 2.70 bits per heavy atom. The number of nitrogens with two attached hydrogens (primary N) is 1. The monoisotopic (exact) mass is 281 g/mol. The van der Waals surface area contributed by atoms with Gasteiger partial charge in [0, 0.05) is 19.2 Å². The van der Waals surface area contributed by atoms with Crippen molar-refractivity contribution in [2.24, 2.45) is 0 Å². The molecule has 20 heavy (non-hydrogen) atoms. The second-order valence-electron chi connectivity index (χ2n) is 4.92. The van der Waals surface area contributed by atoms with Crippen molar-refractivity contribution in [2.45, 2.75) is 19.8 Å². The molecule has 110 valence electrons. The number of anilines is 1. The number of ether oxygens (including phenoxy) is 2. The Bertz CT molecular complexity index is 501. The van der Waals surface area contributed by atoms with Gasteiger partial charge in [-0.1, -0.05) is 6.07 Å². The van der Waals surface area contributed by atoms with Gasteiger partial charge in [-0.05, 0) is 25.1 Å². The zero-order valence-corrected chi connectivity index (χ0v) is 11.7. The predicted octanol–water partition coefficient (Wildman–Crippen LogP) is 1.29. The largest absolute Gasteiger partial charge is 0.393 e. The topological polar surface area (TPSA) is 90.9 Å². The third-order valence-electron chi connectivity index (χ3n) is 3.34. The summed E-state index contributed by atoms with van der Waals surface area (Å²) in [4.78, 5) is 12.4. The Kier molecular flexibility index (Phi) is 4.53. The highest BCUT2D eigenvalue weighted by Crippen LogP contribution is 2.28. The highest BCUT2D eigenvalue weighted by Gasteiger charge is 2.21. The molecule has 2 N–H and O–H groups in total. The van der Waals surface area contributed by atoms with Gasteiger partial charge in [0.1, 0.15) is 5.69 Å². The molecule has 1 saturated heterocycles. The Morgan fingerprint density at radius 1 is 1.45 bits per heavy atom. The zero-order chi connectivity index (χ0) is 14.7. The van der Waals surface area contributed by atoms with Crippen LogP contribution in [0.5, 0.6) is 0 Å². The van der Waals surface area contributed by atoms with Gasteiger partial charge < -0.3 is 15.2 Å². The van der Waals surface area contributed by atoms with Crippen LogP contribution in [0.1, 0.15) is 11.1 Å². The summed E-state index contributed by atoms with van der Waals surface area (Å²) in [5, 5.41) is 10.9. The molecule has 1 heterocycles. The molecule has 1 aliphatic rings. The van der Waals surface area contributed by atoms with Crippen LogP contribution < -0.4 is 5.73 Å². The lowest BCUT2D eigenvalue weighted by molar-refractivity contribution is -0.384. The van der Waals surface area contributed by atoms with Gasteiger partial charge in [-0.2, -0.15) is 0 Å². The van der Waals surface area contributed by atoms with Crippen LogP contribution in [0.2, 0.25) is 0 Å². The van der Waals surface area contributed by atoms with E-state index in [1.807, 2.05) is 18.9 Å². The maximum atomic E-state index is 10.9. The first kappa shape index (κ1) is 14.7. The van der Waals surface area contributed by atoms with Crippen LogP contribution >= 0.6 is 0 Å². The summed E-state index contributed by atoms with van der Waals surface area (Å²) in [6, 6.07) is 3.16. The minimum Gasteiger partial charge on any atom is -0.393 e. The molecule has 7 heteroatoms. The molecule has 0 unspecified atom stereocenters. The molecule has 1 aliphatic heterocycles. The molecule has 0 saturated carbocycles. The average Bonchev–Trinajstić information content (AvgIpc) is 2.86. The standard InChI is InChI=1S/C13H19N3O4/c1-9-3-4-11(16(17)18)13(14)10(9)7-15(2)8-12-19-5-6-20-12/h3-4,12H,5-8,14H2,1-2H3. The minimum absolute atomic E-state index is 0.0487. The number of nitrogens with zero attached hydrogens (tertiary/aromatic N) is 2. The second kappa shape index (κ2) is 6.17. The molecule has 0 amide bonds. The van der Waals surface area contributed by atoms with Crippen molar-refractivity contribution in [2.75, 3.05) is 32.5 Å². The molecule has 0 aliphatic carbocycles. The molecule has 0 radical (unpaired) electrons. The molecule has 0 atom stereocenters. The SMILES string of the molecule is Cc1ccc([N+](=O)[O-])c(N)c1CN(C)CC1OCCO1. The van der Waals surface area contributed by atoms with Gasteiger partial charge in [0.25, 0.3) is 5.69 Å². The van der Waals surface area contributed by atoms with Crippen LogP contribution in [0, 0.1) is 17.0 Å². The van der Waals surface area contributed by atoms with Gasteiger partial charge >= 0.3 is 0 Å². The zero-order valence-electron chi connectivity index (χ0n) is 11.7. The first-order valence-electron chi connectivity index (χ1n) is 6.43. The summed E-state index contributed by atoms with van der Waals surface area (Å²) < 4.78 is 10.8. The Balaban J connectivity index is 2.11. The maximum absolute atomic E-state index is 10.9. The molecular formula is C13H19N3O4. The molecule has 7 nitrogen and oxygen atoms in total. The molecule has 2 rings (SSSR count). The second-order valence-corrected chi connectivity index (χ2v) is 4.92. The van der Waals surface area contributed by atoms with Gasteiger partial charge in [0.05, 0.1) is 18.1 Å². The number of nitro groups is 1. The van der Waals surface area contributed by atoms with Crippen molar-refractivity contribution < 1.29 is 14.4 Å². The number of rotatable bonds is 5. The van der Waals surface area contributed by atoms with Crippen LogP contribution in [-0.4, -0.2) is 42.9 Å². The van der Waals surface area contributed by atoms with Crippen molar-refractivity contribution in [3.05, 3.63) is 33.4 Å². The van der Waals surface area contributed by atoms with E-state index in [4.69, 9.17) is 15.2 Å². The lowest BCUT2D eigenvalue weighted by Crippen LogP contribution is -2.30. The van der Waals surface area contributed by atoms with Crippen LogP contribution in [0.3, 0.4) is 0 Å². The van der Waals surface area contributed by atoms with E-state index in [0.29, 0.717) is 26.3 Å². The molecule has 1 aromatic carbocycles. The lowest BCUT2D eigenvalue weighted by Gasteiger charge is -2.21. The summed E-state index contributed by atoms with van der Waals surface area (Å²) in [6.07, 6.45) is -0.236. The Labute approximate surface area is 117 Å². The van der Waals surface area contributed by atoms with E-state index in [2.05, 4.69) is 0 Å². The van der Waals surface area contributed by atoms with Crippen LogP contribution in [0.15, 0.2) is 12.1 Å². The third-order valence-corrected chi connectivity index (χ3v) is 3.34. The lowest BCUT2D eigenvalue weighted by atomic mass is 10.0. The highest BCUT2D eigenvalue weighted by atomic mass is 16.7. The number of nitro benzene ring substituents is 1. The molecule has 1 fully saturated rings. The van der Waals surface area contributed by atoms with Gasteiger partial charge in [-0.25, -0.2) is 0 Å². The van der Waals surface area contributed by atoms with Crippen LogP contribution in [-0.2, 0) is 16.0 Å². The minimum atomic E-state index is -0.457. The number of benzene rings is 1. The fraction of sp³-hybridized carbons (Fsp3) is 0.538. The smallest absolute Gasteiger partial charge is 0.292 e. The van der Waals surface area contributed by atoms with E-state index in [9.17, 15) is 10.1 Å². The normalized spacial score (nSPS) is 15.9. The van der Waals surface area contributed by atoms with Crippen molar-refractivity contribution in [1.82, 2.24) is 4.90 Å². The van der Waals surface area contributed by atoms with E-state index in [0.717, 1.165) is 11.1 Å². The first-order chi connectivity index (χ1) is 9.49. The molecule has 0 spiro atoms. The summed E-state index contributed by atoms with van der Waals surface area (Å²) >= 11 is 0. The van der Waals surface area contributed by atoms with E-state index < -0.39 is 4.92 Å². The maximum Gasteiger partial charge on any atom is 0.292 e. The Hall–Kier alpha value is -1.70. The van der Waals surface area contributed by atoms with Crippen LogP contribution in [0.25, 0.3) is 0 Å². The van der Waals surface area contributed by atoms with Crippen molar-refractivity contribution in [3.8, 4) is 0 Å². The summed E-state index contributed by atoms with van der Waals surface area (Å²) in [5.41, 5.74) is 7.81. The van der Waals surface area contributed by atoms with E-state index in [1.165, 1.54) is 6.07 Å². The van der Waals surface area contributed by atoms with E-state index in [-0.39, 0.29) is 17.7 Å². The fourth-order valence-electron chi connectivity index (χ4n) is 2.23. The van der Waals surface area contributed by atoms with Crippen LogP contribution in [0.4, 0.5) is 11.4 Å². The molecule has 0 aromatic heterocycles. The van der Waals surface area contributed by atoms with Crippen molar-refractivity contribution in [1.29, 1.82) is 0 Å². The van der Waals surface area contributed by atoms with Crippen molar-refractivity contribution in [3.63, 3.8) is 0 Å². The predicted molar refractivity (Wildman–Crippen MR) is 74.3 cm³/mol. The summed E-state index contributed by atoms with van der Waals surface area (Å²) in [6.45, 7) is 4.23. The number of nitrogen functional groups attached to an aromatic ring is 1. The van der Waals surface area contributed by atoms with Gasteiger partial charge in [-0.3, -0.25) is 15.0 Å². The number of hydrogen-bond donors (Lipinski definition) is 1. The summed E-state index contributed by atoms with van der Waals surface area (Å²) in [7, 11) is 1.91. The Morgan fingerprint density at radius 2 is 2.10 bits per heavy atom. The van der Waals surface area contributed by atoms with Gasteiger partial charge in [-0.15, -0.1) is 0 Å². The average molecular weight is 281 g/mol. The van der Waals surface area contributed by atoms with Crippen molar-refractivity contribution >= 4 is 11.4 Å². The summed E-state index contributed by atoms with van der Waals surface area (Å²) in [5.74, 6) is 0. The quantitative estimate of drug-likeness (QED) is 0.497. The van der Waals surface area contributed by atoms with E-state index in [1.54, 1.807) is 6.07 Å². The number of aryl methyl sites for hydroxylation is 1. The fourth-order valence-corrected chi connectivity index (χ4v) is 2.23. The van der Waals surface area contributed by atoms with Gasteiger partial charge in [0.2, 0.25) is 0 Å². The first-order valence-corrected chi connectivity index (χ1v) is 6.43. The number of hydrogen-bond acceptors (Lipinski definition) is 6. The van der Waals surface area contributed by atoms with E-state index >= 15 is 0 Å². The molecule has 1 aromatic rings. The third kappa shape index (κ3) is 3.24. The molecular weight excluding hydrogens is 262 g/mol. The van der Waals surface area contributed by atoms with Gasteiger partial charge in [0.15, 0.2) is 6.29 Å².